The van der Waals surface area contributed by atoms with Gasteiger partial charge in [0.1, 0.15) is 18.1 Å². The molecule has 3 rings (SSSR count). The zero-order valence-corrected chi connectivity index (χ0v) is 13.2. The molecule has 0 saturated carbocycles. The predicted molar refractivity (Wildman–Crippen MR) is 87.5 cm³/mol. The molecule has 0 amide bonds. The van der Waals surface area contributed by atoms with E-state index in [1.54, 1.807) is 25.4 Å². The van der Waals surface area contributed by atoms with E-state index in [0.717, 1.165) is 16.7 Å². The lowest BCUT2D eigenvalue weighted by Crippen LogP contribution is -2.06. The van der Waals surface area contributed by atoms with Gasteiger partial charge in [0.15, 0.2) is 6.29 Å². The number of aldehydes is 1. The van der Waals surface area contributed by atoms with E-state index < -0.39 is 0 Å². The third kappa shape index (κ3) is 3.09. The summed E-state index contributed by atoms with van der Waals surface area (Å²) in [7, 11) is 1.57. The van der Waals surface area contributed by atoms with Crippen LogP contribution in [0.1, 0.15) is 15.9 Å². The molecule has 0 aliphatic carbocycles. The summed E-state index contributed by atoms with van der Waals surface area (Å²) in [4.78, 5) is 15.3. The van der Waals surface area contributed by atoms with Crippen molar-refractivity contribution in [3.63, 3.8) is 0 Å². The first-order valence-electron chi connectivity index (χ1n) is 7.42. The zero-order chi connectivity index (χ0) is 16.9. The van der Waals surface area contributed by atoms with Crippen LogP contribution in [0.5, 0.6) is 17.4 Å². The van der Waals surface area contributed by atoms with E-state index in [-0.39, 0.29) is 17.9 Å². The molecule has 0 fully saturated rings. The molecule has 0 spiro atoms. The molecule has 1 aliphatic heterocycles. The highest BCUT2D eigenvalue weighted by Crippen LogP contribution is 2.31. The first kappa shape index (κ1) is 16.0. The molecule has 2 aromatic rings. The van der Waals surface area contributed by atoms with Gasteiger partial charge in [-0.1, -0.05) is 6.07 Å². The Morgan fingerprint density at radius 1 is 1.29 bits per heavy atom. The van der Waals surface area contributed by atoms with E-state index in [2.05, 4.69) is 4.98 Å². The maximum Gasteiger partial charge on any atom is 0.220 e. The number of hydrogen-bond donors (Lipinski definition) is 1. The quantitative estimate of drug-likeness (QED) is 0.821. The van der Waals surface area contributed by atoms with Crippen molar-refractivity contribution >= 4 is 11.9 Å². The average Bonchev–Trinajstić information content (AvgIpc) is 3.08. The minimum Gasteiger partial charge on any atom is -0.507 e. The second-order valence-electron chi connectivity index (χ2n) is 5.23. The summed E-state index contributed by atoms with van der Waals surface area (Å²) < 4.78 is 16.6. The lowest BCUT2D eigenvalue weighted by atomic mass is 10.0. The number of carbonyl (C=O) groups is 1. The number of phenolic OH excluding ortho intramolecular Hbond substituents is 1. The monoisotopic (exact) mass is 327 g/mol. The first-order chi connectivity index (χ1) is 11.7. The first-order valence-corrected chi connectivity index (χ1v) is 7.42. The highest BCUT2D eigenvalue weighted by Gasteiger charge is 2.21. The van der Waals surface area contributed by atoms with Crippen LogP contribution >= 0.6 is 0 Å². The molecule has 6 heteroatoms. The molecule has 6 nitrogen and oxygen atoms in total. The Labute approximate surface area is 139 Å². The molecule has 1 N–H and O–H groups in total. The highest BCUT2D eigenvalue weighted by atomic mass is 16.5. The number of pyridine rings is 1. The van der Waals surface area contributed by atoms with Crippen molar-refractivity contribution in [3.05, 3.63) is 53.2 Å². The second-order valence-corrected chi connectivity index (χ2v) is 5.23. The van der Waals surface area contributed by atoms with Crippen LogP contribution in [0.2, 0.25) is 0 Å². The van der Waals surface area contributed by atoms with Gasteiger partial charge in [-0.05, 0) is 35.4 Å². The topological polar surface area (TPSA) is 77.9 Å². The molecular formula is C18H17NO5. The van der Waals surface area contributed by atoms with Crippen LogP contribution in [-0.4, -0.2) is 43.3 Å². The molecule has 0 radical (unpaired) electrons. The second kappa shape index (κ2) is 7.14. The van der Waals surface area contributed by atoms with Crippen LogP contribution in [0.15, 0.2) is 42.1 Å². The smallest absolute Gasteiger partial charge is 0.220 e. The number of methoxy groups -OCH3 is 1. The van der Waals surface area contributed by atoms with Crippen LogP contribution in [-0.2, 0) is 4.74 Å². The molecule has 0 unspecified atom stereocenters. The van der Waals surface area contributed by atoms with Crippen molar-refractivity contribution in [2.75, 3.05) is 26.9 Å². The summed E-state index contributed by atoms with van der Waals surface area (Å²) in [6.07, 6.45) is 2.24. The molecule has 1 aromatic heterocycles. The number of benzene rings is 1. The van der Waals surface area contributed by atoms with E-state index in [0.29, 0.717) is 31.1 Å². The Morgan fingerprint density at radius 2 is 2.17 bits per heavy atom. The zero-order valence-electron chi connectivity index (χ0n) is 13.2. The van der Waals surface area contributed by atoms with Crippen molar-refractivity contribution in [1.82, 2.24) is 4.98 Å². The molecule has 0 bridgehead atoms. The summed E-state index contributed by atoms with van der Waals surface area (Å²) in [6.45, 7) is 1.13. The van der Waals surface area contributed by atoms with E-state index in [9.17, 15) is 9.90 Å². The lowest BCUT2D eigenvalue weighted by molar-refractivity contribution is 0.111. The molecule has 0 saturated heterocycles. The third-order valence-electron chi connectivity index (χ3n) is 3.80. The van der Waals surface area contributed by atoms with Crippen LogP contribution in [0, 0.1) is 0 Å². The van der Waals surface area contributed by atoms with Gasteiger partial charge in [0.2, 0.25) is 5.88 Å². The van der Waals surface area contributed by atoms with E-state index in [1.807, 2.05) is 12.1 Å². The van der Waals surface area contributed by atoms with E-state index in [4.69, 9.17) is 14.2 Å². The number of phenols is 1. The lowest BCUT2D eigenvalue weighted by Gasteiger charge is -2.12. The number of aromatic nitrogens is 1. The van der Waals surface area contributed by atoms with Crippen molar-refractivity contribution in [2.45, 2.75) is 0 Å². The van der Waals surface area contributed by atoms with Gasteiger partial charge in [-0.15, -0.1) is 0 Å². The predicted octanol–water partition coefficient (Wildman–Crippen LogP) is 2.47. The van der Waals surface area contributed by atoms with Gasteiger partial charge in [-0.2, -0.15) is 0 Å². The van der Waals surface area contributed by atoms with Crippen LogP contribution in [0.3, 0.4) is 0 Å². The van der Waals surface area contributed by atoms with Crippen molar-refractivity contribution in [3.8, 4) is 17.4 Å². The minimum atomic E-state index is -0.103. The van der Waals surface area contributed by atoms with E-state index >= 15 is 0 Å². The van der Waals surface area contributed by atoms with Crippen LogP contribution in [0.4, 0.5) is 0 Å². The molecule has 2 heterocycles. The summed E-state index contributed by atoms with van der Waals surface area (Å²) >= 11 is 0. The average molecular weight is 327 g/mol. The summed E-state index contributed by atoms with van der Waals surface area (Å²) in [5, 5.41) is 9.71. The summed E-state index contributed by atoms with van der Waals surface area (Å²) in [5.41, 5.74) is 2.91. The number of carbonyl (C=O) groups excluding carboxylic acids is 1. The minimum absolute atomic E-state index is 0.103. The van der Waals surface area contributed by atoms with Gasteiger partial charge < -0.3 is 19.3 Å². The van der Waals surface area contributed by atoms with Gasteiger partial charge in [-0.3, -0.25) is 4.79 Å². The Kier molecular flexibility index (Phi) is 4.77. The number of hydrogen-bond acceptors (Lipinski definition) is 6. The summed E-state index contributed by atoms with van der Waals surface area (Å²) in [6, 6.07) is 8.47. The summed E-state index contributed by atoms with van der Waals surface area (Å²) in [5.74, 6) is 0.761. The van der Waals surface area contributed by atoms with Gasteiger partial charge in [0.25, 0.3) is 0 Å². The number of ether oxygens (including phenoxy) is 3. The van der Waals surface area contributed by atoms with Gasteiger partial charge >= 0.3 is 0 Å². The van der Waals surface area contributed by atoms with Crippen molar-refractivity contribution < 1.29 is 24.1 Å². The van der Waals surface area contributed by atoms with Crippen molar-refractivity contribution in [2.24, 2.45) is 0 Å². The van der Waals surface area contributed by atoms with Crippen LogP contribution in [0.25, 0.3) is 5.57 Å². The Morgan fingerprint density at radius 3 is 2.96 bits per heavy atom. The van der Waals surface area contributed by atoms with Gasteiger partial charge in [0, 0.05) is 11.8 Å². The van der Waals surface area contributed by atoms with Crippen molar-refractivity contribution in [1.29, 1.82) is 0 Å². The van der Waals surface area contributed by atoms with Crippen LogP contribution < -0.4 is 9.47 Å². The largest absolute Gasteiger partial charge is 0.507 e. The number of rotatable bonds is 6. The highest BCUT2D eigenvalue weighted by molar-refractivity contribution is 5.83. The maximum absolute atomic E-state index is 11.1. The van der Waals surface area contributed by atoms with Gasteiger partial charge in [0.05, 0.1) is 25.9 Å². The normalized spacial score (nSPS) is 13.9. The SMILES string of the molecule is COc1ncccc1C1=C(COc2cccc(O)c2C=O)COC1. The number of nitrogens with zero attached hydrogens (tertiary/aromatic N) is 1. The molecule has 1 aromatic carbocycles. The Hall–Kier alpha value is -2.86. The third-order valence-corrected chi connectivity index (χ3v) is 3.80. The number of aromatic hydroxyl groups is 1. The fraction of sp³-hybridized carbons (Fsp3) is 0.222. The molecule has 0 atom stereocenters. The fourth-order valence-electron chi connectivity index (χ4n) is 2.59. The maximum atomic E-state index is 11.1. The molecule has 1 aliphatic rings. The Bertz CT molecular complexity index is 785. The van der Waals surface area contributed by atoms with E-state index in [1.165, 1.54) is 6.07 Å². The standard InChI is InChI=1S/C18H17NO5/c1-22-18-13(4-3-7-19-18)15-11-23-9-12(15)10-24-17-6-2-5-16(21)14(17)8-20/h2-8,21H,9-11H2,1H3. The molecular weight excluding hydrogens is 310 g/mol. The Balaban J connectivity index is 1.86. The molecule has 124 valence electrons. The van der Waals surface area contributed by atoms with Gasteiger partial charge in [-0.25, -0.2) is 4.98 Å². The fourth-order valence-corrected chi connectivity index (χ4v) is 2.59. The molecule has 24 heavy (non-hydrogen) atoms.